The van der Waals surface area contributed by atoms with E-state index in [0.29, 0.717) is 22.4 Å². The largest absolute Gasteiger partial charge is 0.495 e. The zero-order valence-electron chi connectivity index (χ0n) is 13.8. The summed E-state index contributed by atoms with van der Waals surface area (Å²) in [7, 11) is 3.27. The molecule has 0 saturated carbocycles. The lowest BCUT2D eigenvalue weighted by Gasteiger charge is -2.23. The molecule has 0 aliphatic carbocycles. The molecule has 0 aromatic heterocycles. The first-order chi connectivity index (χ1) is 10.0. The number of halogens is 1. The molecule has 0 aliphatic heterocycles. The average molecular weight is 314 g/mol. The van der Waals surface area contributed by atoms with E-state index in [4.69, 9.17) is 21.1 Å². The molecule has 0 spiro atoms. The molecule has 0 fully saturated rings. The summed E-state index contributed by atoms with van der Waals surface area (Å²) in [6.45, 7) is 7.64. The summed E-state index contributed by atoms with van der Waals surface area (Å²) in [6.07, 6.45) is 3.33. The summed E-state index contributed by atoms with van der Waals surface area (Å²) in [5, 5.41) is 4.15. The molecule has 0 bridgehead atoms. The Kier molecular flexibility index (Phi) is 7.91. The van der Waals surface area contributed by atoms with Gasteiger partial charge in [0.2, 0.25) is 0 Å². The second kappa shape index (κ2) is 9.16. The van der Waals surface area contributed by atoms with Crippen molar-refractivity contribution in [1.82, 2.24) is 5.32 Å². The van der Waals surface area contributed by atoms with Crippen molar-refractivity contribution in [2.75, 3.05) is 20.8 Å². The number of nitrogens with one attached hydrogen (secondary N) is 1. The first-order valence-corrected chi connectivity index (χ1v) is 8.06. The van der Waals surface area contributed by atoms with E-state index in [9.17, 15) is 0 Å². The van der Waals surface area contributed by atoms with Gasteiger partial charge in [-0.05, 0) is 43.9 Å². The van der Waals surface area contributed by atoms with Gasteiger partial charge in [-0.15, -0.1) is 0 Å². The highest BCUT2D eigenvalue weighted by Crippen LogP contribution is 2.40. The number of hydrogen-bond acceptors (Lipinski definition) is 3. The summed E-state index contributed by atoms with van der Waals surface area (Å²) in [5.74, 6) is 2.04. The molecule has 0 heterocycles. The van der Waals surface area contributed by atoms with E-state index < -0.39 is 0 Å². The predicted octanol–water partition coefficient (Wildman–Crippen LogP) is 4.83. The molecule has 0 aliphatic rings. The maximum atomic E-state index is 6.38. The van der Waals surface area contributed by atoms with Crippen LogP contribution in [0.15, 0.2) is 12.1 Å². The number of hydrogen-bond donors (Lipinski definition) is 1. The highest BCUT2D eigenvalue weighted by molar-refractivity contribution is 6.33. The normalized spacial score (nSPS) is 12.5. The minimum Gasteiger partial charge on any atom is -0.495 e. The van der Waals surface area contributed by atoms with E-state index >= 15 is 0 Å². The topological polar surface area (TPSA) is 30.5 Å². The van der Waals surface area contributed by atoms with Crippen LogP contribution in [0.25, 0.3) is 0 Å². The molecule has 0 amide bonds. The summed E-state index contributed by atoms with van der Waals surface area (Å²) in [6, 6.07) is 4.22. The van der Waals surface area contributed by atoms with Crippen LogP contribution in [-0.4, -0.2) is 20.8 Å². The molecular formula is C17H28ClNO2. The minimum atomic E-state index is 0.255. The molecule has 1 aromatic carbocycles. The van der Waals surface area contributed by atoms with Gasteiger partial charge in [0.25, 0.3) is 0 Å². The Bertz CT molecular complexity index is 435. The van der Waals surface area contributed by atoms with Crippen LogP contribution < -0.4 is 14.8 Å². The van der Waals surface area contributed by atoms with Crippen molar-refractivity contribution >= 4 is 11.6 Å². The maximum absolute atomic E-state index is 6.38. The standard InChI is InChI=1S/C17H28ClNO2/c1-6-11-19-14(9-7-12(2)3)13-8-10-15(20-4)16(18)17(13)21-5/h8,10,12,14,19H,6-7,9,11H2,1-5H3. The summed E-state index contributed by atoms with van der Waals surface area (Å²) < 4.78 is 10.8. The van der Waals surface area contributed by atoms with Crippen molar-refractivity contribution in [2.24, 2.45) is 5.92 Å². The second-order valence-electron chi connectivity index (χ2n) is 5.68. The highest BCUT2D eigenvalue weighted by atomic mass is 35.5. The molecule has 1 atom stereocenters. The quantitative estimate of drug-likeness (QED) is 0.708. The van der Waals surface area contributed by atoms with Crippen LogP contribution in [0.2, 0.25) is 5.02 Å². The second-order valence-corrected chi connectivity index (χ2v) is 6.06. The summed E-state index contributed by atoms with van der Waals surface area (Å²) in [5.41, 5.74) is 1.11. The molecule has 120 valence electrons. The Morgan fingerprint density at radius 2 is 1.86 bits per heavy atom. The average Bonchev–Trinajstić information content (AvgIpc) is 2.47. The predicted molar refractivity (Wildman–Crippen MR) is 89.7 cm³/mol. The van der Waals surface area contributed by atoms with Gasteiger partial charge in [0.15, 0.2) is 0 Å². The van der Waals surface area contributed by atoms with Crippen LogP contribution in [0.4, 0.5) is 0 Å². The third-order valence-corrected chi connectivity index (χ3v) is 3.92. The molecule has 0 radical (unpaired) electrons. The number of rotatable bonds is 9. The Morgan fingerprint density at radius 1 is 1.14 bits per heavy atom. The molecule has 0 saturated heterocycles. The number of benzene rings is 1. The van der Waals surface area contributed by atoms with Crippen LogP contribution in [0.3, 0.4) is 0 Å². The SMILES string of the molecule is CCCNC(CCC(C)C)c1ccc(OC)c(Cl)c1OC. The Hall–Kier alpha value is -0.930. The van der Waals surface area contributed by atoms with Crippen molar-refractivity contribution in [3.8, 4) is 11.5 Å². The van der Waals surface area contributed by atoms with Crippen LogP contribution in [0, 0.1) is 5.92 Å². The molecule has 1 aromatic rings. The van der Waals surface area contributed by atoms with Crippen molar-refractivity contribution in [2.45, 2.75) is 46.1 Å². The van der Waals surface area contributed by atoms with E-state index in [-0.39, 0.29) is 6.04 Å². The van der Waals surface area contributed by atoms with Crippen molar-refractivity contribution in [3.05, 3.63) is 22.7 Å². The van der Waals surface area contributed by atoms with E-state index in [0.717, 1.165) is 31.4 Å². The monoisotopic (exact) mass is 313 g/mol. The fourth-order valence-electron chi connectivity index (χ4n) is 2.38. The molecule has 21 heavy (non-hydrogen) atoms. The summed E-state index contributed by atoms with van der Waals surface area (Å²) in [4.78, 5) is 0. The van der Waals surface area contributed by atoms with Gasteiger partial charge in [-0.2, -0.15) is 0 Å². The minimum absolute atomic E-state index is 0.255. The Balaban J connectivity index is 3.07. The van der Waals surface area contributed by atoms with Crippen LogP contribution in [0.1, 0.15) is 51.6 Å². The first-order valence-electron chi connectivity index (χ1n) is 7.68. The van der Waals surface area contributed by atoms with Gasteiger partial charge in [-0.25, -0.2) is 0 Å². The highest BCUT2D eigenvalue weighted by Gasteiger charge is 2.20. The number of methoxy groups -OCH3 is 2. The lowest BCUT2D eigenvalue weighted by atomic mass is 9.96. The van der Waals surface area contributed by atoms with Crippen molar-refractivity contribution in [3.63, 3.8) is 0 Å². The van der Waals surface area contributed by atoms with Gasteiger partial charge < -0.3 is 14.8 Å². The van der Waals surface area contributed by atoms with Gasteiger partial charge in [0.1, 0.15) is 16.5 Å². The Morgan fingerprint density at radius 3 is 2.38 bits per heavy atom. The molecule has 3 nitrogen and oxygen atoms in total. The third kappa shape index (κ3) is 5.08. The first kappa shape index (κ1) is 18.1. The van der Waals surface area contributed by atoms with Crippen LogP contribution in [-0.2, 0) is 0 Å². The van der Waals surface area contributed by atoms with E-state index in [1.807, 2.05) is 6.07 Å². The smallest absolute Gasteiger partial charge is 0.146 e. The van der Waals surface area contributed by atoms with Crippen LogP contribution >= 0.6 is 11.6 Å². The van der Waals surface area contributed by atoms with Gasteiger partial charge in [-0.3, -0.25) is 0 Å². The zero-order chi connectivity index (χ0) is 15.8. The maximum Gasteiger partial charge on any atom is 0.146 e. The fraction of sp³-hybridized carbons (Fsp3) is 0.647. The van der Waals surface area contributed by atoms with Crippen LogP contribution in [0.5, 0.6) is 11.5 Å². The fourth-order valence-corrected chi connectivity index (χ4v) is 2.70. The van der Waals surface area contributed by atoms with Gasteiger partial charge in [-0.1, -0.05) is 32.4 Å². The van der Waals surface area contributed by atoms with E-state index in [1.54, 1.807) is 14.2 Å². The molecule has 1 unspecified atom stereocenters. The van der Waals surface area contributed by atoms with E-state index in [1.165, 1.54) is 0 Å². The summed E-state index contributed by atoms with van der Waals surface area (Å²) >= 11 is 6.38. The number of ether oxygens (including phenoxy) is 2. The molecule has 1 N–H and O–H groups in total. The van der Waals surface area contributed by atoms with Crippen molar-refractivity contribution in [1.29, 1.82) is 0 Å². The van der Waals surface area contributed by atoms with E-state index in [2.05, 4.69) is 32.2 Å². The van der Waals surface area contributed by atoms with Gasteiger partial charge in [0, 0.05) is 11.6 Å². The van der Waals surface area contributed by atoms with Gasteiger partial charge >= 0.3 is 0 Å². The lowest BCUT2D eigenvalue weighted by molar-refractivity contribution is 0.376. The molecule has 1 rings (SSSR count). The zero-order valence-corrected chi connectivity index (χ0v) is 14.6. The Labute approximate surface area is 134 Å². The third-order valence-electron chi connectivity index (χ3n) is 3.57. The van der Waals surface area contributed by atoms with Gasteiger partial charge in [0.05, 0.1) is 14.2 Å². The lowest BCUT2D eigenvalue weighted by Crippen LogP contribution is -2.23. The molecular weight excluding hydrogens is 286 g/mol. The van der Waals surface area contributed by atoms with Crippen molar-refractivity contribution < 1.29 is 9.47 Å². The molecule has 4 heteroatoms.